The Morgan fingerprint density at radius 1 is 1.09 bits per heavy atom. The van der Waals surface area contributed by atoms with E-state index in [1.165, 1.54) is 18.2 Å². The van der Waals surface area contributed by atoms with Gasteiger partial charge in [-0.25, -0.2) is 0 Å². The van der Waals surface area contributed by atoms with Gasteiger partial charge in [-0.05, 0) is 69.5 Å². The summed E-state index contributed by atoms with van der Waals surface area (Å²) in [5.74, 6) is 1.85. The zero-order chi connectivity index (χ0) is 22.7. The van der Waals surface area contributed by atoms with E-state index in [4.69, 9.17) is 16.3 Å². The Morgan fingerprint density at radius 3 is 2.44 bits per heavy atom. The van der Waals surface area contributed by atoms with Crippen LogP contribution in [0.25, 0.3) is 17.1 Å². The lowest BCUT2D eigenvalue weighted by Crippen LogP contribution is -2.48. The number of likely N-dealkylation sites (tertiary alicyclic amines) is 1. The molecule has 0 N–H and O–H groups in total. The number of carbonyl (C=O) groups excluding carboxylic acids is 1. The maximum atomic E-state index is 13.1. The van der Waals surface area contributed by atoms with Gasteiger partial charge in [-0.3, -0.25) is 9.36 Å². The number of benzene rings is 2. The molecular weight excluding hydrogens is 444 g/mol. The van der Waals surface area contributed by atoms with Crippen molar-refractivity contribution < 1.29 is 9.53 Å². The van der Waals surface area contributed by atoms with Gasteiger partial charge < -0.3 is 9.64 Å². The van der Waals surface area contributed by atoms with Gasteiger partial charge in [0.15, 0.2) is 11.0 Å². The van der Waals surface area contributed by atoms with Crippen LogP contribution in [-0.4, -0.2) is 50.5 Å². The fourth-order valence-electron chi connectivity index (χ4n) is 4.26. The summed E-state index contributed by atoms with van der Waals surface area (Å²) in [7, 11) is 1.64. The lowest BCUT2D eigenvalue weighted by atomic mass is 9.98. The van der Waals surface area contributed by atoms with Crippen LogP contribution in [0.15, 0.2) is 53.7 Å². The second-order valence-corrected chi connectivity index (χ2v) is 9.39. The van der Waals surface area contributed by atoms with Gasteiger partial charge in [-0.15, -0.1) is 10.2 Å². The smallest absolute Gasteiger partial charge is 0.233 e. The van der Waals surface area contributed by atoms with Crippen molar-refractivity contribution >= 4 is 29.3 Å². The van der Waals surface area contributed by atoms with Crippen LogP contribution < -0.4 is 4.74 Å². The van der Waals surface area contributed by atoms with Crippen molar-refractivity contribution in [2.75, 3.05) is 12.9 Å². The quantitative estimate of drug-likeness (QED) is 0.446. The van der Waals surface area contributed by atoms with Gasteiger partial charge in [0, 0.05) is 23.3 Å². The fourth-order valence-corrected chi connectivity index (χ4v) is 5.30. The molecule has 2 heterocycles. The van der Waals surface area contributed by atoms with E-state index >= 15 is 0 Å². The number of aromatic nitrogens is 3. The summed E-state index contributed by atoms with van der Waals surface area (Å²) in [6.45, 7) is 4.27. The molecule has 2 atom stereocenters. The minimum Gasteiger partial charge on any atom is -0.497 e. The van der Waals surface area contributed by atoms with Gasteiger partial charge in [-0.1, -0.05) is 35.5 Å². The Labute approximate surface area is 197 Å². The molecule has 6 nitrogen and oxygen atoms in total. The largest absolute Gasteiger partial charge is 0.497 e. The third kappa shape index (κ3) is 4.64. The van der Waals surface area contributed by atoms with E-state index in [2.05, 4.69) is 24.0 Å². The molecule has 1 saturated heterocycles. The molecule has 0 spiro atoms. The second-order valence-electron chi connectivity index (χ2n) is 8.04. The van der Waals surface area contributed by atoms with E-state index < -0.39 is 0 Å². The van der Waals surface area contributed by atoms with Gasteiger partial charge in [0.2, 0.25) is 5.91 Å². The van der Waals surface area contributed by atoms with Crippen molar-refractivity contribution in [1.82, 2.24) is 19.7 Å². The molecule has 1 amide bonds. The number of ether oxygens (including phenoxy) is 1. The van der Waals surface area contributed by atoms with E-state index in [1.807, 2.05) is 58.0 Å². The highest BCUT2D eigenvalue weighted by Gasteiger charge is 2.29. The summed E-state index contributed by atoms with van der Waals surface area (Å²) in [4.78, 5) is 15.1. The molecule has 8 heteroatoms. The molecule has 1 aliphatic heterocycles. The van der Waals surface area contributed by atoms with Crippen LogP contribution in [0.2, 0.25) is 5.02 Å². The predicted molar refractivity (Wildman–Crippen MR) is 129 cm³/mol. The van der Waals surface area contributed by atoms with E-state index in [0.29, 0.717) is 21.8 Å². The van der Waals surface area contributed by atoms with Crippen molar-refractivity contribution in [3.8, 4) is 22.8 Å². The SMILES string of the molecule is COc1ccc(-n2c(SCC(=O)N3C(C)CCCC3C)nnc2-c2ccccc2Cl)cc1. The first-order valence-corrected chi connectivity index (χ1v) is 12.1. The van der Waals surface area contributed by atoms with Crippen molar-refractivity contribution in [2.45, 2.75) is 50.4 Å². The first-order valence-electron chi connectivity index (χ1n) is 10.8. The summed E-state index contributed by atoms with van der Waals surface area (Å²) in [5.41, 5.74) is 1.66. The number of carbonyl (C=O) groups is 1. The topological polar surface area (TPSA) is 60.2 Å². The van der Waals surface area contributed by atoms with Crippen LogP contribution in [0.1, 0.15) is 33.1 Å². The third-order valence-corrected chi connectivity index (χ3v) is 7.13. The number of amides is 1. The van der Waals surface area contributed by atoms with Gasteiger partial charge in [-0.2, -0.15) is 0 Å². The first kappa shape index (κ1) is 22.7. The van der Waals surface area contributed by atoms with Crippen molar-refractivity contribution in [3.63, 3.8) is 0 Å². The number of rotatable bonds is 6. The average molecular weight is 471 g/mol. The van der Waals surface area contributed by atoms with Gasteiger partial charge >= 0.3 is 0 Å². The van der Waals surface area contributed by atoms with Crippen molar-refractivity contribution in [3.05, 3.63) is 53.6 Å². The van der Waals surface area contributed by atoms with Crippen molar-refractivity contribution in [1.29, 1.82) is 0 Å². The highest BCUT2D eigenvalue weighted by molar-refractivity contribution is 7.99. The Balaban J connectivity index is 1.66. The van der Waals surface area contributed by atoms with Crippen LogP contribution in [0.5, 0.6) is 5.75 Å². The van der Waals surface area contributed by atoms with E-state index in [1.54, 1.807) is 7.11 Å². The minimum atomic E-state index is 0.137. The van der Waals surface area contributed by atoms with Crippen LogP contribution in [0, 0.1) is 0 Å². The number of methoxy groups -OCH3 is 1. The monoisotopic (exact) mass is 470 g/mol. The Hall–Kier alpha value is -2.51. The standard InChI is InChI=1S/C24H27ClN4O2S/c1-16-7-6-8-17(2)28(16)22(30)15-32-24-27-26-23(20-9-4-5-10-21(20)25)29(24)18-11-13-19(31-3)14-12-18/h4-5,9-14,16-17H,6-8,15H2,1-3H3. The Kier molecular flexibility index (Phi) is 7.06. The number of piperidine rings is 1. The highest BCUT2D eigenvalue weighted by Crippen LogP contribution is 2.33. The Morgan fingerprint density at radius 2 is 1.78 bits per heavy atom. The molecule has 0 aliphatic carbocycles. The Bertz CT molecular complexity index is 1080. The highest BCUT2D eigenvalue weighted by atomic mass is 35.5. The molecule has 0 radical (unpaired) electrons. The molecule has 0 saturated carbocycles. The average Bonchev–Trinajstić information content (AvgIpc) is 3.21. The first-order chi connectivity index (χ1) is 15.5. The summed E-state index contributed by atoms with van der Waals surface area (Å²) < 4.78 is 7.25. The van der Waals surface area contributed by atoms with E-state index in [0.717, 1.165) is 29.8 Å². The molecule has 1 aromatic heterocycles. The molecule has 1 fully saturated rings. The number of halogens is 1. The molecule has 2 unspecified atom stereocenters. The normalized spacial score (nSPS) is 18.6. The molecular formula is C24H27ClN4O2S. The minimum absolute atomic E-state index is 0.137. The molecule has 0 bridgehead atoms. The third-order valence-electron chi connectivity index (χ3n) is 5.88. The number of hydrogen-bond donors (Lipinski definition) is 0. The zero-order valence-electron chi connectivity index (χ0n) is 18.5. The second kappa shape index (κ2) is 9.96. The summed E-state index contributed by atoms with van der Waals surface area (Å²) in [6.07, 6.45) is 3.28. The fraction of sp³-hybridized carbons (Fsp3) is 0.375. The predicted octanol–water partition coefficient (Wildman–Crippen LogP) is 5.48. The van der Waals surface area contributed by atoms with E-state index in [9.17, 15) is 4.79 Å². The summed E-state index contributed by atoms with van der Waals surface area (Å²) in [5, 5.41) is 10.1. The van der Waals surface area contributed by atoms with E-state index in [-0.39, 0.29) is 18.0 Å². The number of hydrogen-bond acceptors (Lipinski definition) is 5. The molecule has 32 heavy (non-hydrogen) atoms. The number of thioether (sulfide) groups is 1. The van der Waals surface area contributed by atoms with Crippen LogP contribution in [0.3, 0.4) is 0 Å². The van der Waals surface area contributed by atoms with Gasteiger partial charge in [0.05, 0.1) is 17.9 Å². The van der Waals surface area contributed by atoms with Crippen LogP contribution >= 0.6 is 23.4 Å². The number of nitrogens with zero attached hydrogens (tertiary/aromatic N) is 4. The molecule has 168 valence electrons. The molecule has 4 rings (SSSR count). The zero-order valence-corrected chi connectivity index (χ0v) is 20.1. The molecule has 2 aromatic carbocycles. The maximum absolute atomic E-state index is 13.1. The molecule has 3 aromatic rings. The summed E-state index contributed by atoms with van der Waals surface area (Å²) in [6, 6.07) is 15.8. The van der Waals surface area contributed by atoms with Crippen molar-refractivity contribution in [2.24, 2.45) is 0 Å². The lowest BCUT2D eigenvalue weighted by molar-refractivity contribution is -0.134. The maximum Gasteiger partial charge on any atom is 0.233 e. The van der Waals surface area contributed by atoms with Gasteiger partial charge in [0.1, 0.15) is 5.75 Å². The lowest BCUT2D eigenvalue weighted by Gasteiger charge is -2.39. The van der Waals surface area contributed by atoms with Crippen LogP contribution in [0.4, 0.5) is 0 Å². The summed E-state index contributed by atoms with van der Waals surface area (Å²) >= 11 is 7.87. The molecule has 1 aliphatic rings. The van der Waals surface area contributed by atoms with Gasteiger partial charge in [0.25, 0.3) is 0 Å². The van der Waals surface area contributed by atoms with Crippen LogP contribution in [-0.2, 0) is 4.79 Å².